The number of fused-ring (bicyclic) bond motifs is 1. The highest BCUT2D eigenvalue weighted by atomic mass is 15.2. The maximum atomic E-state index is 4.78. The number of aromatic nitrogens is 1. The summed E-state index contributed by atoms with van der Waals surface area (Å²) in [5.74, 6) is 0.744. The lowest BCUT2D eigenvalue weighted by atomic mass is 10.0. The van der Waals surface area contributed by atoms with Gasteiger partial charge in [-0.05, 0) is 59.4 Å². The minimum Gasteiger partial charge on any atom is -0.352 e. The molecule has 1 aromatic heterocycles. The third-order valence-corrected chi connectivity index (χ3v) is 5.19. The van der Waals surface area contributed by atoms with E-state index >= 15 is 0 Å². The van der Waals surface area contributed by atoms with Crippen molar-refractivity contribution in [1.82, 2.24) is 15.6 Å². The smallest absolute Gasteiger partial charge is 0.195 e. The number of nitrogens with one attached hydrogen (secondary N) is 2. The van der Waals surface area contributed by atoms with E-state index in [2.05, 4.69) is 75.2 Å². The fourth-order valence-electron chi connectivity index (χ4n) is 3.49. The van der Waals surface area contributed by atoms with Crippen molar-refractivity contribution in [2.75, 3.05) is 6.54 Å². The van der Waals surface area contributed by atoms with Crippen molar-refractivity contribution < 1.29 is 0 Å². The number of benzene rings is 2. The predicted octanol–water partition coefficient (Wildman–Crippen LogP) is 4.43. The Labute approximate surface area is 183 Å². The van der Waals surface area contributed by atoms with E-state index < -0.39 is 0 Å². The lowest BCUT2D eigenvalue weighted by Crippen LogP contribution is -2.34. The molecule has 1 aliphatic rings. The third kappa shape index (κ3) is 5.89. The van der Waals surface area contributed by atoms with Crippen LogP contribution in [0.5, 0.6) is 0 Å². The van der Waals surface area contributed by atoms with Gasteiger partial charge in [0.05, 0.1) is 6.54 Å². The van der Waals surface area contributed by atoms with Crippen molar-refractivity contribution in [3.63, 3.8) is 0 Å². The first-order chi connectivity index (χ1) is 15.3. The monoisotopic (exact) mass is 409 g/mol. The van der Waals surface area contributed by atoms with Crippen molar-refractivity contribution in [1.29, 1.82) is 0 Å². The van der Waals surface area contributed by atoms with Gasteiger partial charge in [0.15, 0.2) is 5.96 Å². The molecule has 5 heteroatoms. The zero-order valence-corrected chi connectivity index (χ0v) is 17.8. The molecule has 3 aromatic rings. The number of guanidine groups is 1. The average molecular weight is 410 g/mol. The minimum absolute atomic E-state index is 0.628. The Kier molecular flexibility index (Phi) is 6.85. The quantitative estimate of drug-likeness (QED) is 0.673. The zero-order valence-electron chi connectivity index (χ0n) is 17.8. The summed E-state index contributed by atoms with van der Waals surface area (Å²) in [5, 5.41) is 6.66. The van der Waals surface area contributed by atoms with E-state index in [4.69, 9.17) is 4.99 Å². The molecule has 2 N–H and O–H groups in total. The van der Waals surface area contributed by atoms with E-state index in [0.29, 0.717) is 13.1 Å². The molecule has 0 unspecified atom stereocenters. The molecule has 2 aromatic carbocycles. The highest BCUT2D eigenvalue weighted by molar-refractivity contribution is 5.82. The van der Waals surface area contributed by atoms with Gasteiger partial charge in [-0.25, -0.2) is 4.99 Å². The molecular formula is C26H27N5. The maximum Gasteiger partial charge on any atom is 0.195 e. The number of allylic oxidation sites excluding steroid dienone is 1. The highest BCUT2D eigenvalue weighted by Crippen LogP contribution is 2.20. The summed E-state index contributed by atoms with van der Waals surface area (Å²) in [7, 11) is 0. The van der Waals surface area contributed by atoms with Gasteiger partial charge in [0.2, 0.25) is 0 Å². The molecule has 0 atom stereocenters. The summed E-state index contributed by atoms with van der Waals surface area (Å²) in [5.41, 5.74) is 7.12. The second kappa shape index (κ2) is 10.3. The average Bonchev–Trinajstić information content (AvgIpc) is 2.79. The Morgan fingerprint density at radius 3 is 2.65 bits per heavy atom. The third-order valence-electron chi connectivity index (χ3n) is 5.19. The molecule has 1 aliphatic heterocycles. The Morgan fingerprint density at radius 1 is 0.968 bits per heavy atom. The second-order valence-corrected chi connectivity index (χ2v) is 7.48. The van der Waals surface area contributed by atoms with Crippen LogP contribution in [0.2, 0.25) is 0 Å². The fraction of sp³-hybridized carbons (Fsp3) is 0.192. The first-order valence-electron chi connectivity index (χ1n) is 10.6. The minimum atomic E-state index is 0.628. The van der Waals surface area contributed by atoms with E-state index in [1.807, 2.05) is 37.7 Å². The molecule has 2 heterocycles. The number of aryl methyl sites for hydroxylation is 1. The molecule has 0 spiro atoms. The molecule has 0 amide bonds. The molecule has 31 heavy (non-hydrogen) atoms. The van der Waals surface area contributed by atoms with Crippen LogP contribution >= 0.6 is 0 Å². The van der Waals surface area contributed by atoms with Crippen LogP contribution in [0.4, 0.5) is 0 Å². The summed E-state index contributed by atoms with van der Waals surface area (Å²) < 4.78 is 0. The summed E-state index contributed by atoms with van der Waals surface area (Å²) in [4.78, 5) is 13.5. The number of nitrogens with zero attached hydrogens (tertiary/aromatic N) is 3. The van der Waals surface area contributed by atoms with E-state index in [1.54, 1.807) is 0 Å². The molecule has 0 saturated heterocycles. The molecular weight excluding hydrogens is 382 g/mol. The number of pyridine rings is 1. The van der Waals surface area contributed by atoms with Gasteiger partial charge in [0.1, 0.15) is 0 Å². The number of hydrogen-bond acceptors (Lipinski definition) is 5. The summed E-state index contributed by atoms with van der Waals surface area (Å²) in [6.07, 6.45) is 8.36. The van der Waals surface area contributed by atoms with E-state index in [0.717, 1.165) is 24.6 Å². The standard InChI is InChI=1S/C26H27N5/c1-20-17-24(12-16-28-20)23-9-7-21(8-10-23)18-30-26-29-14-4-13-27-15-11-22-5-2-3-6-25(22)19-31-26/h2-10,12-14,16-17H,11,15,18-19H2,1H3,(H2,29,30,31). The maximum absolute atomic E-state index is 4.78. The molecule has 4 rings (SSSR count). The highest BCUT2D eigenvalue weighted by Gasteiger charge is 2.04. The molecule has 0 aliphatic carbocycles. The van der Waals surface area contributed by atoms with Gasteiger partial charge in [-0.3, -0.25) is 9.98 Å². The first kappa shape index (κ1) is 20.5. The van der Waals surface area contributed by atoms with Gasteiger partial charge in [-0.1, -0.05) is 48.5 Å². The summed E-state index contributed by atoms with van der Waals surface area (Å²) >= 11 is 0. The molecule has 0 fully saturated rings. The van der Waals surface area contributed by atoms with E-state index in [-0.39, 0.29) is 0 Å². The molecule has 0 saturated carbocycles. The number of hydrogen-bond donors (Lipinski definition) is 2. The SMILES string of the molecule is Cc1cc(-c2ccc(CNC3=NCc4ccccc4CCN=CC=CN3)cc2)ccn1. The van der Waals surface area contributed by atoms with Gasteiger partial charge in [0, 0.05) is 37.4 Å². The van der Waals surface area contributed by atoms with Crippen LogP contribution in [0, 0.1) is 6.92 Å². The normalized spacial score (nSPS) is 13.9. The topological polar surface area (TPSA) is 61.7 Å². The lowest BCUT2D eigenvalue weighted by molar-refractivity contribution is 0.854. The van der Waals surface area contributed by atoms with Crippen LogP contribution in [0.1, 0.15) is 22.4 Å². The molecule has 0 radical (unpaired) electrons. The van der Waals surface area contributed by atoms with Crippen LogP contribution in [0.3, 0.4) is 0 Å². The Balaban J connectivity index is 1.45. The van der Waals surface area contributed by atoms with E-state index in [9.17, 15) is 0 Å². The van der Waals surface area contributed by atoms with Crippen molar-refractivity contribution in [3.05, 3.63) is 102 Å². The number of rotatable bonds is 3. The summed E-state index contributed by atoms with van der Waals surface area (Å²) in [6.45, 7) is 4.11. The van der Waals surface area contributed by atoms with Crippen LogP contribution in [-0.2, 0) is 19.5 Å². The Hall–Kier alpha value is -3.73. The van der Waals surface area contributed by atoms with Gasteiger partial charge in [-0.2, -0.15) is 0 Å². The Morgan fingerprint density at radius 2 is 1.81 bits per heavy atom. The zero-order chi connectivity index (χ0) is 21.3. The van der Waals surface area contributed by atoms with Crippen molar-refractivity contribution in [3.8, 4) is 11.1 Å². The van der Waals surface area contributed by atoms with Crippen LogP contribution in [0.25, 0.3) is 11.1 Å². The van der Waals surface area contributed by atoms with Gasteiger partial charge >= 0.3 is 0 Å². The Bertz CT molecular complexity index is 1100. The lowest BCUT2D eigenvalue weighted by Gasteiger charge is -2.12. The largest absolute Gasteiger partial charge is 0.352 e. The molecule has 0 bridgehead atoms. The van der Waals surface area contributed by atoms with Crippen LogP contribution < -0.4 is 10.6 Å². The van der Waals surface area contributed by atoms with Gasteiger partial charge < -0.3 is 10.6 Å². The van der Waals surface area contributed by atoms with Crippen LogP contribution in [-0.4, -0.2) is 23.7 Å². The van der Waals surface area contributed by atoms with Crippen molar-refractivity contribution in [2.45, 2.75) is 26.4 Å². The molecule has 156 valence electrons. The van der Waals surface area contributed by atoms with Crippen molar-refractivity contribution in [2.24, 2.45) is 9.98 Å². The van der Waals surface area contributed by atoms with E-state index in [1.165, 1.54) is 27.8 Å². The van der Waals surface area contributed by atoms with Crippen molar-refractivity contribution >= 4 is 12.2 Å². The van der Waals surface area contributed by atoms with Gasteiger partial charge in [0.25, 0.3) is 0 Å². The second-order valence-electron chi connectivity index (χ2n) is 7.48. The first-order valence-corrected chi connectivity index (χ1v) is 10.6. The van der Waals surface area contributed by atoms with Gasteiger partial charge in [-0.15, -0.1) is 0 Å². The number of aliphatic imine (C=N–C) groups is 2. The summed E-state index contributed by atoms with van der Waals surface area (Å²) in [6, 6.07) is 21.2. The fourth-order valence-corrected chi connectivity index (χ4v) is 3.49. The predicted molar refractivity (Wildman–Crippen MR) is 128 cm³/mol. The van der Waals surface area contributed by atoms with Crippen LogP contribution in [0.15, 0.2) is 89.1 Å². The molecule has 5 nitrogen and oxygen atoms in total.